The van der Waals surface area contributed by atoms with E-state index in [9.17, 15) is 9.18 Å². The Balaban J connectivity index is 1.76. The van der Waals surface area contributed by atoms with E-state index in [4.69, 9.17) is 23.2 Å². The van der Waals surface area contributed by atoms with Crippen LogP contribution in [0.4, 0.5) is 10.2 Å². The number of halogens is 3. The van der Waals surface area contributed by atoms with Gasteiger partial charge in [0.25, 0.3) is 5.56 Å². The molecule has 166 valence electrons. The van der Waals surface area contributed by atoms with Gasteiger partial charge in [0.2, 0.25) is 0 Å². The molecule has 8 nitrogen and oxygen atoms in total. The smallest absolute Gasteiger partial charge is 0.269 e. The minimum atomic E-state index is -0.658. The van der Waals surface area contributed by atoms with Crippen LogP contribution in [0.25, 0.3) is 27.8 Å². The van der Waals surface area contributed by atoms with Crippen LogP contribution < -0.4 is 10.9 Å². The molecule has 0 bridgehead atoms. The van der Waals surface area contributed by atoms with E-state index in [0.717, 1.165) is 0 Å². The average molecular weight is 484 g/mol. The van der Waals surface area contributed by atoms with Gasteiger partial charge in [-0.1, -0.05) is 36.2 Å². The van der Waals surface area contributed by atoms with Crippen molar-refractivity contribution in [3.05, 3.63) is 81.1 Å². The van der Waals surface area contributed by atoms with E-state index >= 15 is 0 Å². The average Bonchev–Trinajstić information content (AvgIpc) is 3.26. The van der Waals surface area contributed by atoms with Crippen molar-refractivity contribution in [3.8, 4) is 5.69 Å². The van der Waals surface area contributed by atoms with E-state index in [1.807, 2.05) is 6.92 Å². The lowest BCUT2D eigenvalue weighted by Gasteiger charge is -2.22. The van der Waals surface area contributed by atoms with Gasteiger partial charge in [-0.3, -0.25) is 9.36 Å². The zero-order valence-electron chi connectivity index (χ0n) is 17.2. The molecule has 3 heterocycles. The molecule has 0 spiro atoms. The Morgan fingerprint density at radius 3 is 2.70 bits per heavy atom. The Bertz CT molecular complexity index is 1550. The van der Waals surface area contributed by atoms with E-state index in [0.29, 0.717) is 45.0 Å². The Kier molecular flexibility index (Phi) is 5.43. The number of aromatic amines is 1. The third kappa shape index (κ3) is 3.79. The molecule has 0 fully saturated rings. The minimum Gasteiger partial charge on any atom is -0.358 e. The number of fused-ring (bicyclic) bond motifs is 2. The standard InChI is InChI=1S/C22H16Cl2FN7O/c1-2-15(30-20-18-19(27-9-26-18)28-10-29-20)21-31-16-5-3-4-14(25)17(16)22(33)32(21)13-7-11(23)6-12(24)8-13/h3-10,15H,2H2,1H3,(H2,26,27,28,29,30)/t15-/m1/s1. The molecule has 3 aromatic heterocycles. The predicted octanol–water partition coefficient (Wildman–Crippen LogP) is 5.06. The molecule has 0 aliphatic carbocycles. The van der Waals surface area contributed by atoms with Crippen LogP contribution in [0.1, 0.15) is 25.2 Å². The Hall–Kier alpha value is -3.56. The Morgan fingerprint density at radius 1 is 1.15 bits per heavy atom. The summed E-state index contributed by atoms with van der Waals surface area (Å²) in [5.74, 6) is 0.188. The number of aromatic nitrogens is 6. The molecule has 0 radical (unpaired) electrons. The molecule has 0 saturated carbocycles. The second-order valence-corrected chi connectivity index (χ2v) is 8.17. The summed E-state index contributed by atoms with van der Waals surface area (Å²) in [6.45, 7) is 1.93. The van der Waals surface area contributed by atoms with Crippen molar-refractivity contribution in [2.45, 2.75) is 19.4 Å². The van der Waals surface area contributed by atoms with Gasteiger partial charge in [-0.05, 0) is 36.8 Å². The third-order valence-electron chi connectivity index (χ3n) is 5.23. The van der Waals surface area contributed by atoms with Crippen LogP contribution in [-0.2, 0) is 0 Å². The summed E-state index contributed by atoms with van der Waals surface area (Å²) in [7, 11) is 0. The SMILES string of the molecule is CC[C@@H](Nc1ncnc2nc[nH]c12)c1nc2cccc(F)c2c(=O)n1-c1cc(Cl)cc(Cl)c1. The van der Waals surface area contributed by atoms with Gasteiger partial charge in [-0.25, -0.2) is 24.3 Å². The maximum absolute atomic E-state index is 14.7. The highest BCUT2D eigenvalue weighted by atomic mass is 35.5. The molecule has 33 heavy (non-hydrogen) atoms. The monoisotopic (exact) mass is 483 g/mol. The molecule has 0 amide bonds. The van der Waals surface area contributed by atoms with Crippen LogP contribution in [0.5, 0.6) is 0 Å². The molecule has 0 saturated heterocycles. The highest BCUT2D eigenvalue weighted by molar-refractivity contribution is 6.34. The van der Waals surface area contributed by atoms with Crippen molar-refractivity contribution < 1.29 is 4.39 Å². The largest absolute Gasteiger partial charge is 0.358 e. The third-order valence-corrected chi connectivity index (χ3v) is 5.67. The van der Waals surface area contributed by atoms with Gasteiger partial charge in [-0.15, -0.1) is 0 Å². The topological polar surface area (TPSA) is 101 Å². The highest BCUT2D eigenvalue weighted by Gasteiger charge is 2.23. The first-order valence-electron chi connectivity index (χ1n) is 10.0. The number of hydrogen-bond donors (Lipinski definition) is 2. The molecule has 1 atom stereocenters. The molecule has 0 aliphatic heterocycles. The van der Waals surface area contributed by atoms with Crippen LogP contribution in [0, 0.1) is 5.82 Å². The van der Waals surface area contributed by atoms with Crippen LogP contribution in [0.2, 0.25) is 10.0 Å². The Morgan fingerprint density at radius 2 is 1.94 bits per heavy atom. The van der Waals surface area contributed by atoms with Crippen molar-refractivity contribution in [1.29, 1.82) is 0 Å². The molecule has 0 unspecified atom stereocenters. The van der Waals surface area contributed by atoms with Gasteiger partial charge >= 0.3 is 0 Å². The first-order valence-corrected chi connectivity index (χ1v) is 10.8. The second kappa shape index (κ2) is 8.42. The second-order valence-electron chi connectivity index (χ2n) is 7.30. The fraction of sp³-hybridized carbons (Fsp3) is 0.136. The van der Waals surface area contributed by atoms with E-state index < -0.39 is 17.4 Å². The molecule has 5 rings (SSSR count). The van der Waals surface area contributed by atoms with Crippen LogP contribution in [0.15, 0.2) is 53.8 Å². The van der Waals surface area contributed by atoms with Gasteiger partial charge < -0.3 is 10.3 Å². The summed E-state index contributed by atoms with van der Waals surface area (Å²) < 4.78 is 16.0. The van der Waals surface area contributed by atoms with E-state index in [-0.39, 0.29) is 10.9 Å². The molecule has 0 aliphatic rings. The molecular weight excluding hydrogens is 468 g/mol. The van der Waals surface area contributed by atoms with Crippen molar-refractivity contribution in [3.63, 3.8) is 0 Å². The molecule has 2 N–H and O–H groups in total. The molecular formula is C22H16Cl2FN7O. The first kappa shape index (κ1) is 21.3. The van der Waals surface area contributed by atoms with E-state index in [1.54, 1.807) is 24.3 Å². The number of hydrogen-bond acceptors (Lipinski definition) is 6. The van der Waals surface area contributed by atoms with E-state index in [2.05, 4.69) is 30.2 Å². The Labute approximate surface area is 196 Å². The van der Waals surface area contributed by atoms with Crippen molar-refractivity contribution in [2.24, 2.45) is 0 Å². The fourth-order valence-corrected chi connectivity index (χ4v) is 4.26. The summed E-state index contributed by atoms with van der Waals surface area (Å²) in [6.07, 6.45) is 3.44. The van der Waals surface area contributed by atoms with Gasteiger partial charge in [0.1, 0.15) is 28.9 Å². The van der Waals surface area contributed by atoms with Crippen molar-refractivity contribution in [2.75, 3.05) is 5.32 Å². The number of nitrogens with zero attached hydrogens (tertiary/aromatic N) is 5. The minimum absolute atomic E-state index is 0.120. The summed E-state index contributed by atoms with van der Waals surface area (Å²) in [5.41, 5.74) is 1.16. The quantitative estimate of drug-likeness (QED) is 0.362. The normalized spacial score (nSPS) is 12.4. The maximum Gasteiger partial charge on any atom is 0.269 e. The molecule has 11 heteroatoms. The first-order chi connectivity index (χ1) is 16.0. The van der Waals surface area contributed by atoms with Gasteiger partial charge in [0.05, 0.1) is 23.6 Å². The number of rotatable bonds is 5. The fourth-order valence-electron chi connectivity index (χ4n) is 3.75. The number of benzene rings is 2. The van der Waals surface area contributed by atoms with Crippen LogP contribution in [-0.4, -0.2) is 29.5 Å². The lowest BCUT2D eigenvalue weighted by molar-refractivity contribution is 0.630. The zero-order chi connectivity index (χ0) is 23.1. The van der Waals surface area contributed by atoms with Crippen molar-refractivity contribution in [1.82, 2.24) is 29.5 Å². The van der Waals surface area contributed by atoms with Crippen molar-refractivity contribution >= 4 is 51.1 Å². The summed E-state index contributed by atoms with van der Waals surface area (Å²) in [6, 6.07) is 8.58. The summed E-state index contributed by atoms with van der Waals surface area (Å²) in [5, 5.41) is 3.86. The van der Waals surface area contributed by atoms with Gasteiger partial charge in [0.15, 0.2) is 11.5 Å². The number of nitrogens with one attached hydrogen (secondary N) is 2. The number of anilines is 1. The van der Waals surface area contributed by atoms with Gasteiger partial charge in [-0.2, -0.15) is 0 Å². The number of imidazole rings is 1. The predicted molar refractivity (Wildman–Crippen MR) is 126 cm³/mol. The van der Waals surface area contributed by atoms with Crippen LogP contribution in [0.3, 0.4) is 0 Å². The zero-order valence-corrected chi connectivity index (χ0v) is 18.7. The number of H-pyrrole nitrogens is 1. The van der Waals surface area contributed by atoms with E-state index in [1.165, 1.54) is 29.4 Å². The molecule has 5 aromatic rings. The maximum atomic E-state index is 14.7. The highest BCUT2D eigenvalue weighted by Crippen LogP contribution is 2.28. The molecule has 2 aromatic carbocycles. The lowest BCUT2D eigenvalue weighted by atomic mass is 10.1. The van der Waals surface area contributed by atoms with Crippen LogP contribution >= 0.6 is 23.2 Å². The summed E-state index contributed by atoms with van der Waals surface area (Å²) in [4.78, 5) is 33.8. The van der Waals surface area contributed by atoms with Gasteiger partial charge in [0, 0.05) is 10.0 Å². The summed E-state index contributed by atoms with van der Waals surface area (Å²) >= 11 is 12.4. The lowest BCUT2D eigenvalue weighted by Crippen LogP contribution is -2.29.